The Bertz CT molecular complexity index is 802. The highest BCUT2D eigenvalue weighted by Gasteiger charge is 2.28. The number of nitrogens with one attached hydrogen (secondary N) is 2. The summed E-state index contributed by atoms with van der Waals surface area (Å²) in [4.78, 5) is 35.1. The molecule has 2 amide bonds. The lowest BCUT2D eigenvalue weighted by Crippen LogP contribution is -2.40. The standard InChI is InChI=1S/C18H16N2O4/c1-11(21)19-20-17(22)13-7-8-15-14(9-13)10-16(24-18(15)23)12-5-3-2-4-6-12/h2-9,16H,10H2,1H3,(H,19,21)(H,20,22)/t16-/m1/s1. The van der Waals surface area contributed by atoms with Crippen LogP contribution in [0.1, 0.15) is 44.9 Å². The summed E-state index contributed by atoms with van der Waals surface area (Å²) in [6.07, 6.45) is 0.117. The molecule has 0 saturated heterocycles. The first-order chi connectivity index (χ1) is 11.5. The summed E-state index contributed by atoms with van der Waals surface area (Å²) in [6.45, 7) is 1.30. The Morgan fingerprint density at radius 1 is 1.08 bits per heavy atom. The van der Waals surface area contributed by atoms with Crippen LogP contribution >= 0.6 is 0 Å². The van der Waals surface area contributed by atoms with Gasteiger partial charge < -0.3 is 4.74 Å². The molecule has 0 saturated carbocycles. The summed E-state index contributed by atoms with van der Waals surface area (Å²) in [6, 6.07) is 14.2. The lowest BCUT2D eigenvalue weighted by molar-refractivity contribution is -0.119. The van der Waals surface area contributed by atoms with Crippen molar-refractivity contribution >= 4 is 17.8 Å². The van der Waals surface area contributed by atoms with Crippen molar-refractivity contribution in [3.63, 3.8) is 0 Å². The minimum atomic E-state index is -0.441. The molecule has 6 heteroatoms. The predicted octanol–water partition coefficient (Wildman–Crippen LogP) is 1.92. The minimum absolute atomic E-state index is 0.365. The molecule has 6 nitrogen and oxygen atoms in total. The largest absolute Gasteiger partial charge is 0.454 e. The van der Waals surface area contributed by atoms with E-state index in [1.165, 1.54) is 13.0 Å². The van der Waals surface area contributed by atoms with Crippen LogP contribution in [0.25, 0.3) is 0 Å². The van der Waals surface area contributed by atoms with Gasteiger partial charge in [0.2, 0.25) is 5.91 Å². The van der Waals surface area contributed by atoms with Gasteiger partial charge >= 0.3 is 5.97 Å². The third-order valence-electron chi connectivity index (χ3n) is 3.77. The fourth-order valence-electron chi connectivity index (χ4n) is 2.61. The second-order valence-electron chi connectivity index (χ2n) is 5.52. The normalized spacial score (nSPS) is 15.9. The van der Waals surface area contributed by atoms with Crippen molar-refractivity contribution in [3.8, 4) is 0 Å². The molecule has 1 heterocycles. The summed E-state index contributed by atoms with van der Waals surface area (Å²) in [5.41, 5.74) is 7.02. The van der Waals surface area contributed by atoms with Crippen molar-refractivity contribution in [2.24, 2.45) is 0 Å². The van der Waals surface area contributed by atoms with E-state index in [0.717, 1.165) is 11.1 Å². The monoisotopic (exact) mass is 324 g/mol. The van der Waals surface area contributed by atoms with E-state index in [4.69, 9.17) is 4.74 Å². The van der Waals surface area contributed by atoms with E-state index in [1.807, 2.05) is 30.3 Å². The van der Waals surface area contributed by atoms with Crippen LogP contribution in [0.3, 0.4) is 0 Å². The highest BCUT2D eigenvalue weighted by Crippen LogP contribution is 2.30. The lowest BCUT2D eigenvalue weighted by atomic mass is 9.93. The quantitative estimate of drug-likeness (QED) is 0.653. The number of amides is 2. The Morgan fingerprint density at radius 3 is 2.54 bits per heavy atom. The third kappa shape index (κ3) is 3.27. The average molecular weight is 324 g/mol. The van der Waals surface area contributed by atoms with Gasteiger partial charge in [0.15, 0.2) is 0 Å². The molecule has 0 unspecified atom stereocenters. The van der Waals surface area contributed by atoms with E-state index >= 15 is 0 Å². The number of esters is 1. The number of cyclic esters (lactones) is 1. The number of carbonyl (C=O) groups excluding carboxylic acids is 3. The zero-order valence-electron chi connectivity index (χ0n) is 13.0. The van der Waals surface area contributed by atoms with E-state index in [-0.39, 0.29) is 12.0 Å². The Balaban J connectivity index is 1.85. The maximum Gasteiger partial charge on any atom is 0.339 e. The van der Waals surface area contributed by atoms with Crippen LogP contribution in [0.5, 0.6) is 0 Å². The van der Waals surface area contributed by atoms with Gasteiger partial charge in [0.05, 0.1) is 5.56 Å². The minimum Gasteiger partial charge on any atom is -0.454 e. The molecule has 1 atom stereocenters. The number of carbonyl (C=O) groups is 3. The molecule has 0 fully saturated rings. The summed E-state index contributed by atoms with van der Waals surface area (Å²) < 4.78 is 5.48. The summed E-state index contributed by atoms with van der Waals surface area (Å²) >= 11 is 0. The Hall–Kier alpha value is -3.15. The number of rotatable bonds is 2. The first kappa shape index (κ1) is 15.7. The molecule has 0 radical (unpaired) electrons. The fraction of sp³-hybridized carbons (Fsp3) is 0.167. The van der Waals surface area contributed by atoms with E-state index in [1.54, 1.807) is 12.1 Å². The Morgan fingerprint density at radius 2 is 1.83 bits per heavy atom. The van der Waals surface area contributed by atoms with Crippen molar-refractivity contribution in [1.82, 2.24) is 10.9 Å². The van der Waals surface area contributed by atoms with Gasteiger partial charge in [-0.25, -0.2) is 4.79 Å². The van der Waals surface area contributed by atoms with Crippen molar-refractivity contribution in [2.45, 2.75) is 19.4 Å². The Labute approximate surface area is 138 Å². The SMILES string of the molecule is CC(=O)NNC(=O)c1ccc2c(c1)C[C@H](c1ccccc1)OC2=O. The van der Waals surface area contributed by atoms with Crippen LogP contribution in [0, 0.1) is 0 Å². The van der Waals surface area contributed by atoms with Gasteiger partial charge in [-0.05, 0) is 29.3 Å². The molecule has 2 aromatic rings. The first-order valence-corrected chi connectivity index (χ1v) is 7.50. The molecule has 2 aromatic carbocycles. The van der Waals surface area contributed by atoms with Crippen molar-refractivity contribution in [1.29, 1.82) is 0 Å². The number of benzene rings is 2. The average Bonchev–Trinajstić information content (AvgIpc) is 2.59. The maximum atomic E-state index is 12.2. The number of fused-ring (bicyclic) bond motifs is 1. The zero-order chi connectivity index (χ0) is 17.1. The van der Waals surface area contributed by atoms with E-state index in [9.17, 15) is 14.4 Å². The second kappa shape index (κ2) is 6.54. The molecule has 0 aromatic heterocycles. The molecule has 2 N–H and O–H groups in total. The topological polar surface area (TPSA) is 84.5 Å². The number of hydrogen-bond acceptors (Lipinski definition) is 4. The van der Waals surface area contributed by atoms with Gasteiger partial charge in [-0.15, -0.1) is 0 Å². The van der Waals surface area contributed by atoms with Crippen molar-refractivity contribution in [3.05, 3.63) is 70.8 Å². The van der Waals surface area contributed by atoms with Gasteiger partial charge in [0.1, 0.15) is 6.10 Å². The van der Waals surface area contributed by atoms with E-state index < -0.39 is 11.9 Å². The number of ether oxygens (including phenoxy) is 1. The van der Waals surface area contributed by atoms with Gasteiger partial charge in [0, 0.05) is 18.9 Å². The number of hydrazine groups is 1. The predicted molar refractivity (Wildman–Crippen MR) is 86.0 cm³/mol. The molecule has 1 aliphatic heterocycles. The summed E-state index contributed by atoms with van der Waals surface area (Å²) in [7, 11) is 0. The zero-order valence-corrected chi connectivity index (χ0v) is 13.0. The van der Waals surface area contributed by atoms with Crippen molar-refractivity contribution < 1.29 is 19.1 Å². The van der Waals surface area contributed by atoms with Gasteiger partial charge in [-0.3, -0.25) is 20.4 Å². The summed E-state index contributed by atoms with van der Waals surface area (Å²) in [5.74, 6) is -1.21. The third-order valence-corrected chi connectivity index (χ3v) is 3.77. The maximum absolute atomic E-state index is 12.2. The molecule has 3 rings (SSSR count). The molecule has 0 spiro atoms. The van der Waals surface area contributed by atoms with Gasteiger partial charge in [-0.2, -0.15) is 0 Å². The van der Waals surface area contributed by atoms with Crippen LogP contribution in [-0.4, -0.2) is 17.8 Å². The first-order valence-electron chi connectivity index (χ1n) is 7.50. The van der Waals surface area contributed by atoms with Crippen molar-refractivity contribution in [2.75, 3.05) is 0 Å². The van der Waals surface area contributed by atoms with Crippen LogP contribution < -0.4 is 10.9 Å². The van der Waals surface area contributed by atoms with Crippen LogP contribution in [0.2, 0.25) is 0 Å². The highest BCUT2D eigenvalue weighted by molar-refractivity contribution is 5.98. The molecule has 122 valence electrons. The smallest absolute Gasteiger partial charge is 0.339 e. The molecule has 24 heavy (non-hydrogen) atoms. The molecule has 0 bridgehead atoms. The molecular weight excluding hydrogens is 308 g/mol. The van der Waals surface area contributed by atoms with Crippen LogP contribution in [-0.2, 0) is 16.0 Å². The van der Waals surface area contributed by atoms with E-state index in [0.29, 0.717) is 17.5 Å². The van der Waals surface area contributed by atoms with Crippen LogP contribution in [0.15, 0.2) is 48.5 Å². The lowest BCUT2D eigenvalue weighted by Gasteiger charge is -2.25. The van der Waals surface area contributed by atoms with E-state index in [2.05, 4.69) is 10.9 Å². The number of hydrogen-bond donors (Lipinski definition) is 2. The second-order valence-corrected chi connectivity index (χ2v) is 5.52. The summed E-state index contributed by atoms with van der Waals surface area (Å²) in [5, 5.41) is 0. The molecular formula is C18H16N2O4. The Kier molecular flexibility index (Phi) is 4.29. The van der Waals surface area contributed by atoms with Crippen LogP contribution in [0.4, 0.5) is 0 Å². The highest BCUT2D eigenvalue weighted by atomic mass is 16.5. The fourth-order valence-corrected chi connectivity index (χ4v) is 2.61. The van der Waals surface area contributed by atoms with Gasteiger partial charge in [0.25, 0.3) is 5.91 Å². The molecule has 1 aliphatic rings. The molecule has 0 aliphatic carbocycles. The van der Waals surface area contributed by atoms with Gasteiger partial charge in [-0.1, -0.05) is 30.3 Å².